The van der Waals surface area contributed by atoms with Gasteiger partial charge in [-0.15, -0.1) is 0 Å². The number of nitrogens with one attached hydrogen (secondary N) is 2. The summed E-state index contributed by atoms with van der Waals surface area (Å²) in [4.78, 5) is 4.45. The summed E-state index contributed by atoms with van der Waals surface area (Å²) in [6.45, 7) is 11.6. The minimum atomic E-state index is 0.618. The van der Waals surface area contributed by atoms with Gasteiger partial charge in [-0.25, -0.2) is 4.98 Å². The molecule has 1 heterocycles. The Morgan fingerprint density at radius 3 is 2.44 bits per heavy atom. The minimum Gasteiger partial charge on any atom is -0.370 e. The molecular weight excluding hydrogens is 290 g/mol. The van der Waals surface area contributed by atoms with E-state index < -0.39 is 0 Å². The summed E-state index contributed by atoms with van der Waals surface area (Å²) in [5.74, 6) is 2.27. The van der Waals surface area contributed by atoms with Gasteiger partial charge in [0.25, 0.3) is 0 Å². The lowest BCUT2D eigenvalue weighted by molar-refractivity contribution is 0.552. The van der Waals surface area contributed by atoms with E-state index in [0.29, 0.717) is 11.8 Å². The largest absolute Gasteiger partial charge is 0.370 e. The van der Waals surface area contributed by atoms with Gasteiger partial charge in [0, 0.05) is 29.3 Å². The van der Waals surface area contributed by atoms with Crippen molar-refractivity contribution >= 4 is 21.7 Å². The standard InChI is InChI=1S/C14H24BrN3/c1-10(2)6-16-8-12-5-13(15)9-18-14(12)17-7-11(3)4/h5,9-11,16H,6-8H2,1-4H3,(H,17,18). The van der Waals surface area contributed by atoms with Gasteiger partial charge in [-0.2, -0.15) is 0 Å². The summed E-state index contributed by atoms with van der Waals surface area (Å²) < 4.78 is 1.03. The van der Waals surface area contributed by atoms with E-state index in [2.05, 4.69) is 65.3 Å². The fourth-order valence-corrected chi connectivity index (χ4v) is 1.95. The maximum Gasteiger partial charge on any atom is 0.130 e. The van der Waals surface area contributed by atoms with Crippen LogP contribution < -0.4 is 10.6 Å². The van der Waals surface area contributed by atoms with E-state index in [1.54, 1.807) is 0 Å². The van der Waals surface area contributed by atoms with E-state index in [1.807, 2.05) is 6.20 Å². The molecule has 1 aromatic rings. The van der Waals surface area contributed by atoms with Crippen LogP contribution in [0.5, 0.6) is 0 Å². The highest BCUT2D eigenvalue weighted by Crippen LogP contribution is 2.18. The molecule has 0 fully saturated rings. The van der Waals surface area contributed by atoms with Crippen LogP contribution in [0.25, 0.3) is 0 Å². The van der Waals surface area contributed by atoms with Crippen molar-refractivity contribution < 1.29 is 0 Å². The lowest BCUT2D eigenvalue weighted by atomic mass is 10.2. The van der Waals surface area contributed by atoms with E-state index in [0.717, 1.165) is 29.9 Å². The van der Waals surface area contributed by atoms with Gasteiger partial charge in [-0.05, 0) is 40.4 Å². The molecule has 0 spiro atoms. The summed E-state index contributed by atoms with van der Waals surface area (Å²) in [5, 5.41) is 6.86. The van der Waals surface area contributed by atoms with Gasteiger partial charge in [-0.1, -0.05) is 27.7 Å². The van der Waals surface area contributed by atoms with E-state index in [4.69, 9.17) is 0 Å². The number of aromatic nitrogens is 1. The molecule has 2 N–H and O–H groups in total. The summed E-state index contributed by atoms with van der Waals surface area (Å²) in [7, 11) is 0. The maximum absolute atomic E-state index is 4.45. The SMILES string of the molecule is CC(C)CNCc1cc(Br)cnc1NCC(C)C. The summed E-state index contributed by atoms with van der Waals surface area (Å²) in [6, 6.07) is 2.13. The fraction of sp³-hybridized carbons (Fsp3) is 0.643. The first kappa shape index (κ1) is 15.4. The average molecular weight is 314 g/mol. The smallest absolute Gasteiger partial charge is 0.130 e. The first-order valence-electron chi connectivity index (χ1n) is 6.58. The molecule has 0 aliphatic heterocycles. The average Bonchev–Trinajstić information content (AvgIpc) is 2.27. The van der Waals surface area contributed by atoms with Crippen molar-refractivity contribution in [1.29, 1.82) is 0 Å². The number of pyridine rings is 1. The molecule has 0 radical (unpaired) electrons. The number of hydrogen-bond acceptors (Lipinski definition) is 3. The Balaban J connectivity index is 2.64. The summed E-state index contributed by atoms with van der Waals surface area (Å²) in [5.41, 5.74) is 1.21. The molecule has 0 bridgehead atoms. The second-order valence-electron chi connectivity index (χ2n) is 5.46. The van der Waals surface area contributed by atoms with Crippen LogP contribution in [0.4, 0.5) is 5.82 Å². The zero-order chi connectivity index (χ0) is 13.5. The molecule has 18 heavy (non-hydrogen) atoms. The molecular formula is C14H24BrN3. The van der Waals surface area contributed by atoms with Crippen molar-refractivity contribution in [3.63, 3.8) is 0 Å². The van der Waals surface area contributed by atoms with Crippen LogP contribution in [0.1, 0.15) is 33.3 Å². The third-order valence-corrected chi connectivity index (χ3v) is 2.91. The number of rotatable bonds is 7. The Bertz CT molecular complexity index is 364. The fourth-order valence-electron chi connectivity index (χ4n) is 1.57. The van der Waals surface area contributed by atoms with E-state index in [-0.39, 0.29) is 0 Å². The highest BCUT2D eigenvalue weighted by atomic mass is 79.9. The second kappa shape index (κ2) is 7.74. The maximum atomic E-state index is 4.45. The molecule has 0 aromatic carbocycles. The van der Waals surface area contributed by atoms with Gasteiger partial charge in [-0.3, -0.25) is 0 Å². The van der Waals surface area contributed by atoms with Crippen LogP contribution in [-0.4, -0.2) is 18.1 Å². The zero-order valence-electron chi connectivity index (χ0n) is 11.8. The molecule has 4 heteroatoms. The Morgan fingerprint density at radius 1 is 1.17 bits per heavy atom. The van der Waals surface area contributed by atoms with Crippen molar-refractivity contribution in [3.05, 3.63) is 22.3 Å². The molecule has 1 aromatic heterocycles. The minimum absolute atomic E-state index is 0.618. The van der Waals surface area contributed by atoms with Gasteiger partial charge >= 0.3 is 0 Å². The van der Waals surface area contributed by atoms with Crippen LogP contribution >= 0.6 is 15.9 Å². The molecule has 3 nitrogen and oxygen atoms in total. The van der Waals surface area contributed by atoms with Crippen LogP contribution in [0.15, 0.2) is 16.7 Å². The number of nitrogens with zero attached hydrogens (tertiary/aromatic N) is 1. The Morgan fingerprint density at radius 2 is 1.83 bits per heavy atom. The topological polar surface area (TPSA) is 37.0 Å². The predicted molar refractivity (Wildman–Crippen MR) is 81.8 cm³/mol. The van der Waals surface area contributed by atoms with Crippen LogP contribution in [-0.2, 0) is 6.54 Å². The number of anilines is 1. The Labute approximate surface area is 119 Å². The van der Waals surface area contributed by atoms with Gasteiger partial charge in [0.1, 0.15) is 5.82 Å². The molecule has 0 aliphatic carbocycles. The normalized spacial score (nSPS) is 11.3. The van der Waals surface area contributed by atoms with Crippen molar-refractivity contribution in [2.24, 2.45) is 11.8 Å². The predicted octanol–water partition coefficient (Wildman–Crippen LogP) is 3.66. The van der Waals surface area contributed by atoms with Crippen molar-refractivity contribution in [3.8, 4) is 0 Å². The number of halogens is 1. The first-order chi connectivity index (χ1) is 8.49. The van der Waals surface area contributed by atoms with Gasteiger partial charge in [0.05, 0.1) is 0 Å². The van der Waals surface area contributed by atoms with Crippen LogP contribution in [0.3, 0.4) is 0 Å². The lowest BCUT2D eigenvalue weighted by Crippen LogP contribution is -2.20. The first-order valence-corrected chi connectivity index (χ1v) is 7.37. The quantitative estimate of drug-likeness (QED) is 0.806. The zero-order valence-corrected chi connectivity index (χ0v) is 13.3. The van der Waals surface area contributed by atoms with Crippen LogP contribution in [0, 0.1) is 11.8 Å². The molecule has 0 saturated carbocycles. The summed E-state index contributed by atoms with van der Waals surface area (Å²) in [6.07, 6.45) is 1.84. The highest BCUT2D eigenvalue weighted by Gasteiger charge is 2.06. The monoisotopic (exact) mass is 313 g/mol. The molecule has 0 unspecified atom stereocenters. The van der Waals surface area contributed by atoms with E-state index in [9.17, 15) is 0 Å². The third kappa shape index (κ3) is 5.83. The Hall–Kier alpha value is -0.610. The summed E-state index contributed by atoms with van der Waals surface area (Å²) >= 11 is 3.48. The van der Waals surface area contributed by atoms with Crippen molar-refractivity contribution in [2.45, 2.75) is 34.2 Å². The van der Waals surface area contributed by atoms with E-state index >= 15 is 0 Å². The molecule has 0 atom stereocenters. The molecule has 0 saturated heterocycles. The Kier molecular flexibility index (Phi) is 6.65. The molecule has 0 aliphatic rings. The van der Waals surface area contributed by atoms with E-state index in [1.165, 1.54) is 5.56 Å². The van der Waals surface area contributed by atoms with Crippen molar-refractivity contribution in [1.82, 2.24) is 10.3 Å². The van der Waals surface area contributed by atoms with Gasteiger partial charge < -0.3 is 10.6 Å². The second-order valence-corrected chi connectivity index (χ2v) is 6.38. The number of hydrogen-bond donors (Lipinski definition) is 2. The highest BCUT2D eigenvalue weighted by molar-refractivity contribution is 9.10. The third-order valence-electron chi connectivity index (χ3n) is 2.48. The molecule has 102 valence electrons. The van der Waals surface area contributed by atoms with Crippen molar-refractivity contribution in [2.75, 3.05) is 18.4 Å². The molecule has 0 amide bonds. The molecule has 1 rings (SSSR count). The van der Waals surface area contributed by atoms with Gasteiger partial charge in [0.15, 0.2) is 0 Å². The lowest BCUT2D eigenvalue weighted by Gasteiger charge is -2.14. The van der Waals surface area contributed by atoms with Crippen LogP contribution in [0.2, 0.25) is 0 Å². The van der Waals surface area contributed by atoms with Gasteiger partial charge in [0.2, 0.25) is 0 Å².